The highest BCUT2D eigenvalue weighted by atomic mass is 16.5. The summed E-state index contributed by atoms with van der Waals surface area (Å²) in [6.07, 6.45) is 3.61. The minimum Gasteiger partial charge on any atom is -0.493 e. The number of nitrogens with zero attached hydrogens (tertiary/aromatic N) is 3. The summed E-state index contributed by atoms with van der Waals surface area (Å²) in [5, 5.41) is 10.5. The Labute approximate surface area is 199 Å². The molecule has 0 saturated heterocycles. The Morgan fingerprint density at radius 3 is 2.35 bits per heavy atom. The van der Waals surface area contributed by atoms with Gasteiger partial charge in [-0.1, -0.05) is 12.1 Å². The lowest BCUT2D eigenvalue weighted by Crippen LogP contribution is -2.42. The van der Waals surface area contributed by atoms with E-state index in [0.29, 0.717) is 23.1 Å². The van der Waals surface area contributed by atoms with Crippen molar-refractivity contribution in [3.05, 3.63) is 42.5 Å². The largest absolute Gasteiger partial charge is 0.493 e. The summed E-state index contributed by atoms with van der Waals surface area (Å²) in [7, 11) is 7.12. The molecule has 180 valence electrons. The third kappa shape index (κ3) is 5.41. The summed E-state index contributed by atoms with van der Waals surface area (Å²) in [6, 6.07) is 13.5. The molecule has 2 amide bonds. The predicted molar refractivity (Wildman–Crippen MR) is 135 cm³/mol. The van der Waals surface area contributed by atoms with Crippen molar-refractivity contribution in [1.82, 2.24) is 15.3 Å². The molecule has 0 spiro atoms. The molecule has 1 heterocycles. The van der Waals surface area contributed by atoms with Crippen LogP contribution in [0.1, 0.15) is 25.7 Å². The number of amides is 2. The van der Waals surface area contributed by atoms with Gasteiger partial charge in [0.05, 0.1) is 19.7 Å². The summed E-state index contributed by atoms with van der Waals surface area (Å²) in [5.74, 6) is 2.73. The number of aromatic nitrogens is 2. The van der Waals surface area contributed by atoms with Crippen LogP contribution in [0, 0.1) is 0 Å². The number of urea groups is 1. The number of nitrogens with one attached hydrogen (secondary N) is 3. The van der Waals surface area contributed by atoms with Gasteiger partial charge in [-0.15, -0.1) is 0 Å². The van der Waals surface area contributed by atoms with Crippen molar-refractivity contribution in [2.75, 3.05) is 43.8 Å². The van der Waals surface area contributed by atoms with E-state index in [1.807, 2.05) is 43.3 Å². The number of rotatable bonds is 7. The summed E-state index contributed by atoms with van der Waals surface area (Å²) < 4.78 is 10.5. The summed E-state index contributed by atoms with van der Waals surface area (Å²) in [6.45, 7) is 0. The van der Waals surface area contributed by atoms with E-state index >= 15 is 0 Å². The van der Waals surface area contributed by atoms with Crippen LogP contribution in [0.2, 0.25) is 0 Å². The van der Waals surface area contributed by atoms with Gasteiger partial charge in [0.1, 0.15) is 5.82 Å². The lowest BCUT2D eigenvalue weighted by molar-refractivity contribution is 0.243. The molecule has 9 heteroatoms. The Morgan fingerprint density at radius 1 is 0.941 bits per heavy atom. The Kier molecular flexibility index (Phi) is 7.20. The maximum absolute atomic E-state index is 12.5. The number of hydrogen-bond acceptors (Lipinski definition) is 7. The first-order valence-corrected chi connectivity index (χ1v) is 11.5. The second-order valence-electron chi connectivity index (χ2n) is 8.64. The second kappa shape index (κ2) is 10.5. The zero-order valence-electron chi connectivity index (χ0n) is 20.1. The average molecular weight is 465 g/mol. The van der Waals surface area contributed by atoms with E-state index < -0.39 is 0 Å². The van der Waals surface area contributed by atoms with Crippen LogP contribution < -0.4 is 30.3 Å². The molecule has 34 heavy (non-hydrogen) atoms. The number of benzene rings is 2. The van der Waals surface area contributed by atoms with Crippen molar-refractivity contribution in [1.29, 1.82) is 0 Å². The highest BCUT2D eigenvalue weighted by Gasteiger charge is 2.23. The zero-order chi connectivity index (χ0) is 24.1. The topological polar surface area (TPSA) is 101 Å². The molecule has 0 atom stereocenters. The molecule has 4 rings (SSSR count). The molecule has 1 aromatic heterocycles. The van der Waals surface area contributed by atoms with Crippen LogP contribution in [0.4, 0.5) is 22.2 Å². The van der Waals surface area contributed by atoms with Gasteiger partial charge in [0.25, 0.3) is 0 Å². The molecule has 3 N–H and O–H groups in total. The van der Waals surface area contributed by atoms with Crippen molar-refractivity contribution in [2.24, 2.45) is 0 Å². The zero-order valence-corrected chi connectivity index (χ0v) is 20.1. The molecule has 0 unspecified atom stereocenters. The van der Waals surface area contributed by atoms with Crippen LogP contribution in [-0.4, -0.2) is 56.4 Å². The number of hydrogen-bond donors (Lipinski definition) is 3. The van der Waals surface area contributed by atoms with Gasteiger partial charge in [0.15, 0.2) is 11.5 Å². The Bertz CT molecular complexity index is 1140. The molecular formula is C25H32N6O3. The molecule has 2 aromatic carbocycles. The molecule has 1 fully saturated rings. The lowest BCUT2D eigenvalue weighted by atomic mass is 9.91. The van der Waals surface area contributed by atoms with E-state index in [4.69, 9.17) is 19.4 Å². The molecule has 1 aliphatic carbocycles. The molecule has 1 saturated carbocycles. The van der Waals surface area contributed by atoms with E-state index in [2.05, 4.69) is 16.0 Å². The Balaban J connectivity index is 1.31. The summed E-state index contributed by atoms with van der Waals surface area (Å²) in [4.78, 5) is 24.0. The van der Waals surface area contributed by atoms with Gasteiger partial charge >= 0.3 is 6.03 Å². The van der Waals surface area contributed by atoms with Crippen LogP contribution in [0.25, 0.3) is 10.9 Å². The second-order valence-corrected chi connectivity index (χ2v) is 8.64. The number of anilines is 3. The van der Waals surface area contributed by atoms with Crippen LogP contribution in [0.15, 0.2) is 42.5 Å². The van der Waals surface area contributed by atoms with E-state index in [0.717, 1.165) is 42.4 Å². The third-order valence-corrected chi connectivity index (χ3v) is 6.04. The van der Waals surface area contributed by atoms with E-state index in [1.54, 1.807) is 32.4 Å². The van der Waals surface area contributed by atoms with Gasteiger partial charge < -0.3 is 30.3 Å². The van der Waals surface area contributed by atoms with E-state index in [9.17, 15) is 4.79 Å². The smallest absolute Gasteiger partial charge is 0.319 e. The third-order valence-electron chi connectivity index (χ3n) is 6.04. The van der Waals surface area contributed by atoms with Crippen molar-refractivity contribution in [3.63, 3.8) is 0 Å². The Hall–Kier alpha value is -3.75. The fourth-order valence-corrected chi connectivity index (χ4v) is 4.30. The molecule has 1 aliphatic rings. The molecule has 0 bridgehead atoms. The standard InChI is InChI=1S/C25H32N6O3/c1-31(2)23-19-7-5-6-8-20(19)29-24(30-23)26-16-9-11-17(12-10-16)27-25(32)28-18-13-14-21(33-3)22(15-18)34-4/h5-8,13-17H,9-12H2,1-4H3,(H,26,29,30)(H2,27,28,32). The average Bonchev–Trinajstić information content (AvgIpc) is 2.84. The van der Waals surface area contributed by atoms with Crippen molar-refractivity contribution < 1.29 is 14.3 Å². The fourth-order valence-electron chi connectivity index (χ4n) is 4.30. The quantitative estimate of drug-likeness (QED) is 0.480. The van der Waals surface area contributed by atoms with Crippen molar-refractivity contribution in [2.45, 2.75) is 37.8 Å². The van der Waals surface area contributed by atoms with Crippen molar-refractivity contribution in [3.8, 4) is 11.5 Å². The van der Waals surface area contributed by atoms with Gasteiger partial charge in [-0.05, 0) is 49.9 Å². The van der Waals surface area contributed by atoms with Crippen LogP contribution >= 0.6 is 0 Å². The summed E-state index contributed by atoms with van der Waals surface area (Å²) >= 11 is 0. The van der Waals surface area contributed by atoms with Crippen molar-refractivity contribution >= 4 is 34.4 Å². The van der Waals surface area contributed by atoms with Crippen LogP contribution in [0.5, 0.6) is 11.5 Å². The number of carbonyl (C=O) groups is 1. The number of para-hydroxylation sites is 1. The number of ether oxygens (including phenoxy) is 2. The van der Waals surface area contributed by atoms with Gasteiger partial charge in [-0.2, -0.15) is 4.98 Å². The normalized spacial score (nSPS) is 17.6. The monoisotopic (exact) mass is 464 g/mol. The fraction of sp³-hybridized carbons (Fsp3) is 0.400. The molecule has 0 aliphatic heterocycles. The predicted octanol–water partition coefficient (Wildman–Crippen LogP) is 4.26. The van der Waals surface area contributed by atoms with Gasteiger partial charge in [0, 0.05) is 43.3 Å². The molecule has 3 aromatic rings. The first kappa shape index (κ1) is 23.4. The molecule has 0 radical (unpaired) electrons. The van der Waals surface area contributed by atoms with Crippen LogP contribution in [-0.2, 0) is 0 Å². The first-order chi connectivity index (χ1) is 16.5. The van der Waals surface area contributed by atoms with Gasteiger partial charge in [-0.25, -0.2) is 9.78 Å². The van der Waals surface area contributed by atoms with Crippen LogP contribution in [0.3, 0.4) is 0 Å². The minimum atomic E-state index is -0.225. The molecular weight excluding hydrogens is 432 g/mol. The van der Waals surface area contributed by atoms with E-state index in [-0.39, 0.29) is 18.1 Å². The molecule has 9 nitrogen and oxygen atoms in total. The van der Waals surface area contributed by atoms with E-state index in [1.165, 1.54) is 0 Å². The minimum absolute atomic E-state index is 0.119. The lowest BCUT2D eigenvalue weighted by Gasteiger charge is -2.30. The maximum Gasteiger partial charge on any atom is 0.319 e. The van der Waals surface area contributed by atoms with Gasteiger partial charge in [-0.3, -0.25) is 0 Å². The Morgan fingerprint density at radius 2 is 1.65 bits per heavy atom. The van der Waals surface area contributed by atoms with Gasteiger partial charge in [0.2, 0.25) is 5.95 Å². The number of carbonyl (C=O) groups excluding carboxylic acids is 1. The SMILES string of the molecule is COc1ccc(NC(=O)NC2CCC(Nc3nc(N(C)C)c4ccccc4n3)CC2)cc1OC. The number of fused-ring (bicyclic) bond motifs is 1. The highest BCUT2D eigenvalue weighted by molar-refractivity contribution is 5.90. The number of methoxy groups -OCH3 is 2. The summed E-state index contributed by atoms with van der Waals surface area (Å²) in [5.41, 5.74) is 1.57. The first-order valence-electron chi connectivity index (χ1n) is 11.5. The highest BCUT2D eigenvalue weighted by Crippen LogP contribution is 2.30. The maximum atomic E-state index is 12.5.